The Hall–Kier alpha value is -1.50. The Labute approximate surface area is 129 Å². The van der Waals surface area contributed by atoms with Crippen molar-refractivity contribution in [3.05, 3.63) is 40.3 Å². The average molecular weight is 307 g/mol. The third-order valence-corrected chi connectivity index (χ3v) is 3.88. The molecule has 1 aromatic heterocycles. The van der Waals surface area contributed by atoms with Crippen LogP contribution >= 0.6 is 11.3 Å². The van der Waals surface area contributed by atoms with E-state index >= 15 is 0 Å². The van der Waals surface area contributed by atoms with Crippen LogP contribution in [0.4, 0.5) is 0 Å². The number of benzene rings is 1. The molecule has 0 unspecified atom stereocenters. The molecule has 0 fully saturated rings. The van der Waals surface area contributed by atoms with Gasteiger partial charge in [0.05, 0.1) is 13.2 Å². The van der Waals surface area contributed by atoms with E-state index in [0.717, 1.165) is 48.3 Å². The lowest BCUT2D eigenvalue weighted by molar-refractivity contribution is 0.199. The van der Waals surface area contributed by atoms with Crippen molar-refractivity contribution in [1.82, 2.24) is 15.5 Å². The van der Waals surface area contributed by atoms with Crippen molar-refractivity contribution in [2.24, 2.45) is 0 Å². The smallest absolute Gasteiger partial charge is 0.120 e. The van der Waals surface area contributed by atoms with Crippen molar-refractivity contribution in [1.29, 1.82) is 0 Å². The summed E-state index contributed by atoms with van der Waals surface area (Å²) in [5.41, 5.74) is 0. The fourth-order valence-electron chi connectivity index (χ4n) is 1.76. The molecule has 0 saturated heterocycles. The second-order valence-corrected chi connectivity index (χ2v) is 5.64. The molecule has 1 aromatic carbocycles. The Morgan fingerprint density at radius 3 is 2.52 bits per heavy atom. The molecule has 2 rings (SSSR count). The number of nitrogens with one attached hydrogen (secondary N) is 1. The first-order valence-electron chi connectivity index (χ1n) is 7.07. The minimum atomic E-state index is 0.630. The Bertz CT molecular complexity index is 505. The summed E-state index contributed by atoms with van der Waals surface area (Å²) in [6.07, 6.45) is 1.70. The summed E-state index contributed by atoms with van der Waals surface area (Å²) < 4.78 is 10.6. The zero-order valence-corrected chi connectivity index (χ0v) is 13.1. The van der Waals surface area contributed by atoms with Crippen LogP contribution in [0.25, 0.3) is 0 Å². The highest BCUT2D eigenvalue weighted by Gasteiger charge is 2.04. The maximum atomic E-state index is 5.66. The molecule has 1 heterocycles. The Balaban J connectivity index is 1.63. The zero-order chi connectivity index (χ0) is 14.8. The lowest BCUT2D eigenvalue weighted by atomic mass is 10.3. The molecule has 0 spiro atoms. The molecule has 0 bridgehead atoms. The van der Waals surface area contributed by atoms with Crippen LogP contribution < -0.4 is 10.1 Å². The van der Waals surface area contributed by atoms with Gasteiger partial charge in [-0.2, -0.15) is 0 Å². The van der Waals surface area contributed by atoms with E-state index < -0.39 is 0 Å². The van der Waals surface area contributed by atoms with Gasteiger partial charge >= 0.3 is 0 Å². The molecular formula is C15H21N3O2S. The van der Waals surface area contributed by atoms with E-state index in [0.29, 0.717) is 6.61 Å². The normalized spacial score (nSPS) is 10.7. The molecule has 0 amide bonds. The lowest BCUT2D eigenvalue weighted by Gasteiger charge is -2.03. The minimum absolute atomic E-state index is 0.630. The molecule has 2 aromatic rings. The van der Waals surface area contributed by atoms with Gasteiger partial charge in [-0.3, -0.25) is 0 Å². The lowest BCUT2D eigenvalue weighted by Crippen LogP contribution is -2.21. The summed E-state index contributed by atoms with van der Waals surface area (Å²) in [7, 11) is 1.70. The molecule has 0 saturated carbocycles. The van der Waals surface area contributed by atoms with Crippen LogP contribution in [0.15, 0.2) is 30.3 Å². The SMILES string of the molecule is COCCNCCc1nnc(CCOc2ccccc2)s1. The van der Waals surface area contributed by atoms with Crippen LogP contribution in [0.3, 0.4) is 0 Å². The molecule has 5 nitrogen and oxygen atoms in total. The second kappa shape index (κ2) is 9.44. The number of methoxy groups -OCH3 is 1. The third kappa shape index (κ3) is 6.20. The number of ether oxygens (including phenoxy) is 2. The first-order chi connectivity index (χ1) is 10.4. The molecule has 114 valence electrons. The second-order valence-electron chi connectivity index (χ2n) is 4.49. The maximum absolute atomic E-state index is 5.66. The van der Waals surface area contributed by atoms with Crippen molar-refractivity contribution in [2.45, 2.75) is 12.8 Å². The highest BCUT2D eigenvalue weighted by atomic mass is 32.1. The van der Waals surface area contributed by atoms with Crippen LogP contribution in [0.5, 0.6) is 5.75 Å². The van der Waals surface area contributed by atoms with E-state index in [2.05, 4.69) is 15.5 Å². The van der Waals surface area contributed by atoms with Gasteiger partial charge in [0.1, 0.15) is 15.8 Å². The van der Waals surface area contributed by atoms with Gasteiger partial charge in [0, 0.05) is 33.0 Å². The Kier molecular flexibility index (Phi) is 7.14. The van der Waals surface area contributed by atoms with Crippen LogP contribution in [0, 0.1) is 0 Å². The monoisotopic (exact) mass is 307 g/mol. The molecule has 0 atom stereocenters. The summed E-state index contributed by atoms with van der Waals surface area (Å²) in [6.45, 7) is 3.13. The summed E-state index contributed by atoms with van der Waals surface area (Å²) in [5, 5.41) is 13.8. The van der Waals surface area contributed by atoms with Gasteiger partial charge in [0.15, 0.2) is 0 Å². The minimum Gasteiger partial charge on any atom is -0.493 e. The third-order valence-electron chi connectivity index (χ3n) is 2.84. The fourth-order valence-corrected chi connectivity index (χ4v) is 2.58. The van der Waals surface area contributed by atoms with Crippen LogP contribution in [-0.2, 0) is 17.6 Å². The largest absolute Gasteiger partial charge is 0.493 e. The van der Waals surface area contributed by atoms with Crippen LogP contribution in [0.1, 0.15) is 10.0 Å². The van der Waals surface area contributed by atoms with Crippen LogP contribution in [-0.4, -0.2) is 43.6 Å². The number of hydrogen-bond acceptors (Lipinski definition) is 6. The highest BCUT2D eigenvalue weighted by Crippen LogP contribution is 2.12. The standard InChI is InChI=1S/C15H21N3O2S/c1-19-12-10-16-9-7-14-17-18-15(21-14)8-11-20-13-5-3-2-4-6-13/h2-6,16H,7-12H2,1H3. The van der Waals surface area contributed by atoms with Crippen molar-refractivity contribution < 1.29 is 9.47 Å². The van der Waals surface area contributed by atoms with Gasteiger partial charge in [-0.25, -0.2) is 0 Å². The molecule has 1 N–H and O–H groups in total. The van der Waals surface area contributed by atoms with E-state index in [1.165, 1.54) is 0 Å². The topological polar surface area (TPSA) is 56.3 Å². The van der Waals surface area contributed by atoms with E-state index in [-0.39, 0.29) is 0 Å². The first kappa shape index (κ1) is 15.9. The first-order valence-corrected chi connectivity index (χ1v) is 7.89. The predicted molar refractivity (Wildman–Crippen MR) is 84.0 cm³/mol. The maximum Gasteiger partial charge on any atom is 0.120 e. The van der Waals surface area contributed by atoms with Gasteiger partial charge in [0.2, 0.25) is 0 Å². The Morgan fingerprint density at radius 1 is 1.00 bits per heavy atom. The number of aromatic nitrogens is 2. The van der Waals surface area contributed by atoms with Gasteiger partial charge < -0.3 is 14.8 Å². The van der Waals surface area contributed by atoms with Gasteiger partial charge in [-0.05, 0) is 12.1 Å². The van der Waals surface area contributed by atoms with Crippen molar-refractivity contribution in [2.75, 3.05) is 33.4 Å². The molecular weight excluding hydrogens is 286 g/mol. The van der Waals surface area contributed by atoms with Crippen molar-refractivity contribution >= 4 is 11.3 Å². The van der Waals surface area contributed by atoms with Crippen molar-refractivity contribution in [3.63, 3.8) is 0 Å². The number of rotatable bonds is 10. The molecule has 0 aliphatic carbocycles. The summed E-state index contributed by atoms with van der Waals surface area (Å²) in [4.78, 5) is 0. The van der Waals surface area contributed by atoms with E-state index in [9.17, 15) is 0 Å². The average Bonchev–Trinajstić information content (AvgIpc) is 2.96. The van der Waals surface area contributed by atoms with E-state index in [4.69, 9.17) is 9.47 Å². The Morgan fingerprint density at radius 2 is 1.76 bits per heavy atom. The highest BCUT2D eigenvalue weighted by molar-refractivity contribution is 7.11. The summed E-state index contributed by atoms with van der Waals surface area (Å²) in [6, 6.07) is 9.82. The molecule has 0 aliphatic rings. The molecule has 0 radical (unpaired) electrons. The van der Waals surface area contributed by atoms with Gasteiger partial charge in [0.25, 0.3) is 0 Å². The molecule has 21 heavy (non-hydrogen) atoms. The predicted octanol–water partition coefficient (Wildman–Crippen LogP) is 1.94. The van der Waals surface area contributed by atoms with Gasteiger partial charge in [-0.15, -0.1) is 21.5 Å². The zero-order valence-electron chi connectivity index (χ0n) is 12.2. The van der Waals surface area contributed by atoms with Crippen LogP contribution in [0.2, 0.25) is 0 Å². The number of hydrogen-bond donors (Lipinski definition) is 1. The molecule has 0 aliphatic heterocycles. The summed E-state index contributed by atoms with van der Waals surface area (Å²) >= 11 is 1.66. The number of nitrogens with zero attached hydrogens (tertiary/aromatic N) is 2. The van der Waals surface area contributed by atoms with Crippen molar-refractivity contribution in [3.8, 4) is 5.75 Å². The van der Waals surface area contributed by atoms with E-state index in [1.807, 2.05) is 30.3 Å². The summed E-state index contributed by atoms with van der Waals surface area (Å²) in [5.74, 6) is 0.893. The number of para-hydroxylation sites is 1. The van der Waals surface area contributed by atoms with Gasteiger partial charge in [-0.1, -0.05) is 18.2 Å². The molecule has 6 heteroatoms. The quantitative estimate of drug-likeness (QED) is 0.680. The fraction of sp³-hybridized carbons (Fsp3) is 0.467. The van der Waals surface area contributed by atoms with E-state index in [1.54, 1.807) is 18.4 Å².